The Kier molecular flexibility index (Phi) is 2.65. The highest BCUT2D eigenvalue weighted by Crippen LogP contribution is 2.32. The second-order valence-electron chi connectivity index (χ2n) is 4.13. The Morgan fingerprint density at radius 2 is 2.37 bits per heavy atom. The normalized spacial score (nSPS) is 14.8. The summed E-state index contributed by atoms with van der Waals surface area (Å²) < 4.78 is 5.28. The number of imidazole rings is 1. The molecule has 0 saturated heterocycles. The number of nitrogens with zero attached hydrogens (tertiary/aromatic N) is 2. The van der Waals surface area contributed by atoms with Crippen LogP contribution in [0.2, 0.25) is 0 Å². The summed E-state index contributed by atoms with van der Waals surface area (Å²) in [7, 11) is 0. The molecule has 2 heterocycles. The summed E-state index contributed by atoms with van der Waals surface area (Å²) in [5.41, 5.74) is 1.34. The first kappa shape index (κ1) is 11.3. The van der Waals surface area contributed by atoms with Gasteiger partial charge in [0.05, 0.1) is 11.8 Å². The first-order chi connectivity index (χ1) is 9.28. The van der Waals surface area contributed by atoms with Crippen molar-refractivity contribution in [1.82, 2.24) is 9.97 Å². The number of nitriles is 1. The number of fused-ring (bicyclic) bond motifs is 1. The molecule has 6 heteroatoms. The van der Waals surface area contributed by atoms with E-state index in [9.17, 15) is 10.1 Å². The molecular formula is C13H10N4O2. The second kappa shape index (κ2) is 4.46. The number of hydrogen-bond acceptors (Lipinski definition) is 4. The zero-order valence-corrected chi connectivity index (χ0v) is 9.88. The van der Waals surface area contributed by atoms with Crippen molar-refractivity contribution < 1.29 is 9.53 Å². The molecule has 0 bridgehead atoms. The molecule has 1 amide bonds. The maximum Gasteiger partial charge on any atom is 0.262 e. The van der Waals surface area contributed by atoms with Crippen molar-refractivity contribution in [3.8, 4) is 11.8 Å². The van der Waals surface area contributed by atoms with Gasteiger partial charge in [0.1, 0.15) is 17.5 Å². The summed E-state index contributed by atoms with van der Waals surface area (Å²) in [4.78, 5) is 18.3. The fourth-order valence-corrected chi connectivity index (χ4v) is 2.01. The highest BCUT2D eigenvalue weighted by molar-refractivity contribution is 5.95. The van der Waals surface area contributed by atoms with E-state index < -0.39 is 5.92 Å². The van der Waals surface area contributed by atoms with Gasteiger partial charge in [0.2, 0.25) is 0 Å². The van der Waals surface area contributed by atoms with Crippen molar-refractivity contribution in [2.45, 2.75) is 5.92 Å². The van der Waals surface area contributed by atoms with Crippen LogP contribution >= 0.6 is 0 Å². The molecule has 1 atom stereocenters. The lowest BCUT2D eigenvalue weighted by Crippen LogP contribution is -2.25. The van der Waals surface area contributed by atoms with Gasteiger partial charge in [-0.25, -0.2) is 4.98 Å². The number of nitrogens with one attached hydrogen (secondary N) is 2. The SMILES string of the molecule is N#CC(c1ccc2c(c1)NC(=O)CO2)c1ncc[nH]1. The summed E-state index contributed by atoms with van der Waals surface area (Å²) in [5.74, 6) is 0.486. The topological polar surface area (TPSA) is 90.8 Å². The summed E-state index contributed by atoms with van der Waals surface area (Å²) in [6.45, 7) is 0.0200. The molecule has 0 aliphatic carbocycles. The predicted octanol–water partition coefficient (Wildman–Crippen LogP) is 1.40. The summed E-state index contributed by atoms with van der Waals surface area (Å²) in [5, 5.41) is 12.0. The number of benzene rings is 1. The van der Waals surface area contributed by atoms with Gasteiger partial charge in [-0.1, -0.05) is 6.07 Å². The van der Waals surface area contributed by atoms with Crippen molar-refractivity contribution in [2.75, 3.05) is 11.9 Å². The molecule has 0 fully saturated rings. The minimum atomic E-state index is -0.501. The van der Waals surface area contributed by atoms with E-state index in [1.807, 2.05) is 0 Å². The van der Waals surface area contributed by atoms with Crippen LogP contribution in [-0.4, -0.2) is 22.5 Å². The van der Waals surface area contributed by atoms with Gasteiger partial charge in [0.25, 0.3) is 5.91 Å². The first-order valence-electron chi connectivity index (χ1n) is 5.73. The second-order valence-corrected chi connectivity index (χ2v) is 4.13. The zero-order chi connectivity index (χ0) is 13.2. The Hall–Kier alpha value is -2.81. The van der Waals surface area contributed by atoms with Gasteiger partial charge in [-0.05, 0) is 17.7 Å². The average molecular weight is 254 g/mol. The van der Waals surface area contributed by atoms with E-state index in [2.05, 4.69) is 21.4 Å². The molecule has 0 spiro atoms. The number of carbonyl (C=O) groups is 1. The van der Waals surface area contributed by atoms with Gasteiger partial charge >= 0.3 is 0 Å². The molecule has 1 unspecified atom stereocenters. The number of rotatable bonds is 2. The van der Waals surface area contributed by atoms with Gasteiger partial charge in [0, 0.05) is 12.4 Å². The van der Waals surface area contributed by atoms with Crippen molar-refractivity contribution in [3.63, 3.8) is 0 Å². The largest absolute Gasteiger partial charge is 0.482 e. The number of amides is 1. The molecule has 0 radical (unpaired) electrons. The number of H-pyrrole nitrogens is 1. The Morgan fingerprint density at radius 3 is 3.11 bits per heavy atom. The number of hydrogen-bond donors (Lipinski definition) is 2. The maximum absolute atomic E-state index is 11.3. The van der Waals surface area contributed by atoms with Gasteiger partial charge in [-0.2, -0.15) is 5.26 Å². The zero-order valence-electron chi connectivity index (χ0n) is 9.88. The van der Waals surface area contributed by atoms with E-state index in [0.29, 0.717) is 17.3 Å². The van der Waals surface area contributed by atoms with Crippen LogP contribution in [0, 0.1) is 11.3 Å². The predicted molar refractivity (Wildman–Crippen MR) is 66.6 cm³/mol. The summed E-state index contributed by atoms with van der Waals surface area (Å²) in [6, 6.07) is 7.48. The smallest absolute Gasteiger partial charge is 0.262 e. The van der Waals surface area contributed by atoms with E-state index in [-0.39, 0.29) is 12.5 Å². The van der Waals surface area contributed by atoms with Crippen molar-refractivity contribution in [3.05, 3.63) is 42.0 Å². The molecule has 1 aliphatic heterocycles. The van der Waals surface area contributed by atoms with Crippen LogP contribution in [0.4, 0.5) is 5.69 Å². The van der Waals surface area contributed by atoms with Crippen LogP contribution in [0.1, 0.15) is 17.3 Å². The Morgan fingerprint density at radius 1 is 1.47 bits per heavy atom. The van der Waals surface area contributed by atoms with Gasteiger partial charge in [0.15, 0.2) is 6.61 Å². The van der Waals surface area contributed by atoms with E-state index in [4.69, 9.17) is 4.74 Å². The maximum atomic E-state index is 11.3. The van der Waals surface area contributed by atoms with E-state index in [1.165, 1.54) is 0 Å². The van der Waals surface area contributed by atoms with Crippen LogP contribution in [0.3, 0.4) is 0 Å². The molecule has 94 valence electrons. The number of ether oxygens (including phenoxy) is 1. The molecule has 2 N–H and O–H groups in total. The fourth-order valence-electron chi connectivity index (χ4n) is 2.01. The molecular weight excluding hydrogens is 244 g/mol. The Labute approximate surface area is 109 Å². The molecule has 3 rings (SSSR count). The lowest BCUT2D eigenvalue weighted by Gasteiger charge is -2.19. The highest BCUT2D eigenvalue weighted by atomic mass is 16.5. The molecule has 1 aromatic heterocycles. The van der Waals surface area contributed by atoms with E-state index in [0.717, 1.165) is 5.56 Å². The fraction of sp³-hybridized carbons (Fsp3) is 0.154. The molecule has 0 saturated carbocycles. The van der Waals surface area contributed by atoms with Crippen LogP contribution in [0.15, 0.2) is 30.6 Å². The third-order valence-corrected chi connectivity index (χ3v) is 2.89. The van der Waals surface area contributed by atoms with Gasteiger partial charge in [-0.3, -0.25) is 4.79 Å². The number of aromatic nitrogens is 2. The third kappa shape index (κ3) is 2.02. The molecule has 6 nitrogen and oxygen atoms in total. The lowest BCUT2D eigenvalue weighted by molar-refractivity contribution is -0.118. The molecule has 2 aromatic rings. The minimum Gasteiger partial charge on any atom is -0.482 e. The lowest BCUT2D eigenvalue weighted by atomic mass is 9.99. The van der Waals surface area contributed by atoms with Crippen molar-refractivity contribution in [1.29, 1.82) is 5.26 Å². The van der Waals surface area contributed by atoms with Crippen LogP contribution in [0.25, 0.3) is 0 Å². The minimum absolute atomic E-state index is 0.0200. The molecule has 1 aliphatic rings. The molecule has 19 heavy (non-hydrogen) atoms. The number of aromatic amines is 1. The van der Waals surface area contributed by atoms with Crippen LogP contribution in [0.5, 0.6) is 5.75 Å². The van der Waals surface area contributed by atoms with Gasteiger partial charge < -0.3 is 15.0 Å². The summed E-state index contributed by atoms with van der Waals surface area (Å²) >= 11 is 0. The number of carbonyl (C=O) groups excluding carboxylic acids is 1. The average Bonchev–Trinajstić information content (AvgIpc) is 2.93. The Bertz CT molecular complexity index is 658. The van der Waals surface area contributed by atoms with E-state index >= 15 is 0 Å². The van der Waals surface area contributed by atoms with Gasteiger partial charge in [-0.15, -0.1) is 0 Å². The number of anilines is 1. The van der Waals surface area contributed by atoms with Crippen LogP contribution < -0.4 is 10.1 Å². The quantitative estimate of drug-likeness (QED) is 0.847. The first-order valence-corrected chi connectivity index (χ1v) is 5.73. The summed E-state index contributed by atoms with van der Waals surface area (Å²) in [6.07, 6.45) is 3.27. The van der Waals surface area contributed by atoms with Crippen molar-refractivity contribution in [2.24, 2.45) is 0 Å². The van der Waals surface area contributed by atoms with Crippen molar-refractivity contribution >= 4 is 11.6 Å². The monoisotopic (exact) mass is 254 g/mol. The molecule has 1 aromatic carbocycles. The Balaban J connectivity index is 2.00. The highest BCUT2D eigenvalue weighted by Gasteiger charge is 2.21. The third-order valence-electron chi connectivity index (χ3n) is 2.89. The van der Waals surface area contributed by atoms with E-state index in [1.54, 1.807) is 30.6 Å². The standard InChI is InChI=1S/C13H10N4O2/c14-6-9(13-15-3-4-16-13)8-1-2-11-10(5-8)17-12(18)7-19-11/h1-5,9H,7H2,(H,15,16)(H,17,18). The van der Waals surface area contributed by atoms with Crippen LogP contribution in [-0.2, 0) is 4.79 Å².